The van der Waals surface area contributed by atoms with Crippen molar-refractivity contribution in [1.82, 2.24) is 5.32 Å². The Bertz CT molecular complexity index is 746. The molecule has 0 saturated carbocycles. The summed E-state index contributed by atoms with van der Waals surface area (Å²) in [5, 5.41) is 2.40. The second kappa shape index (κ2) is 7.52. The van der Waals surface area contributed by atoms with E-state index in [2.05, 4.69) is 5.32 Å². The molecule has 0 fully saturated rings. The first kappa shape index (κ1) is 18.7. The van der Waals surface area contributed by atoms with Gasteiger partial charge >= 0.3 is 12.3 Å². The highest BCUT2D eigenvalue weighted by atomic mass is 19.4. The average molecular weight is 356 g/mol. The Hall–Kier alpha value is -2.61. The standard InChI is InChI=1S/C17H16F4N2O2/c1-10(22)13-7-12(8-14(15(13)18)17(19,20)21)25-16(24)23-9-11-5-3-2-4-6-11/h2-8,10H,9,22H2,1H3,(H,23,24)/t10-/m1/s1. The van der Waals surface area contributed by atoms with Crippen LogP contribution in [0.25, 0.3) is 0 Å². The lowest BCUT2D eigenvalue weighted by atomic mass is 10.0. The first-order valence-corrected chi connectivity index (χ1v) is 7.34. The molecule has 2 aromatic rings. The zero-order valence-corrected chi connectivity index (χ0v) is 13.2. The minimum atomic E-state index is -4.94. The number of hydrogen-bond acceptors (Lipinski definition) is 3. The van der Waals surface area contributed by atoms with Crippen LogP contribution in [0.1, 0.15) is 29.7 Å². The summed E-state index contributed by atoms with van der Waals surface area (Å²) >= 11 is 0. The summed E-state index contributed by atoms with van der Waals surface area (Å²) in [7, 11) is 0. The third kappa shape index (κ3) is 4.93. The number of carbonyl (C=O) groups is 1. The predicted octanol–water partition coefficient (Wildman–Crippen LogP) is 4.15. The van der Waals surface area contributed by atoms with E-state index in [-0.39, 0.29) is 12.1 Å². The van der Waals surface area contributed by atoms with E-state index in [1.807, 2.05) is 0 Å². The summed E-state index contributed by atoms with van der Waals surface area (Å²) in [5.74, 6) is -1.91. The lowest BCUT2D eigenvalue weighted by molar-refractivity contribution is -0.140. The molecule has 0 bridgehead atoms. The van der Waals surface area contributed by atoms with Crippen molar-refractivity contribution in [3.63, 3.8) is 0 Å². The minimum Gasteiger partial charge on any atom is -0.410 e. The number of alkyl halides is 3. The number of nitrogens with two attached hydrogens (primary N) is 1. The van der Waals surface area contributed by atoms with Crippen LogP contribution in [0.4, 0.5) is 22.4 Å². The summed E-state index contributed by atoms with van der Waals surface area (Å²) in [6.45, 7) is 1.46. The number of amides is 1. The highest BCUT2D eigenvalue weighted by Crippen LogP contribution is 2.36. The molecule has 0 aliphatic rings. The van der Waals surface area contributed by atoms with Gasteiger partial charge in [0.15, 0.2) is 0 Å². The molecule has 1 atom stereocenters. The third-order valence-electron chi connectivity index (χ3n) is 3.36. The highest BCUT2D eigenvalue weighted by Gasteiger charge is 2.36. The van der Waals surface area contributed by atoms with Crippen molar-refractivity contribution in [2.45, 2.75) is 25.7 Å². The van der Waals surface area contributed by atoms with Crippen LogP contribution in [-0.2, 0) is 12.7 Å². The number of halogens is 4. The molecule has 1 amide bonds. The second-order valence-corrected chi connectivity index (χ2v) is 5.39. The van der Waals surface area contributed by atoms with Crippen molar-refractivity contribution in [2.75, 3.05) is 0 Å². The number of rotatable bonds is 4. The van der Waals surface area contributed by atoms with Crippen LogP contribution in [0.5, 0.6) is 5.75 Å². The Labute approximate surface area is 141 Å². The van der Waals surface area contributed by atoms with Gasteiger partial charge in [0.1, 0.15) is 11.6 Å². The number of hydrogen-bond donors (Lipinski definition) is 2. The van der Waals surface area contributed by atoms with E-state index >= 15 is 0 Å². The molecule has 4 nitrogen and oxygen atoms in total. The molecule has 0 saturated heterocycles. The van der Waals surface area contributed by atoms with Crippen LogP contribution < -0.4 is 15.8 Å². The topological polar surface area (TPSA) is 64.3 Å². The van der Waals surface area contributed by atoms with Crippen molar-refractivity contribution < 1.29 is 27.1 Å². The van der Waals surface area contributed by atoms with Gasteiger partial charge in [-0.15, -0.1) is 0 Å². The normalized spacial score (nSPS) is 12.6. The monoisotopic (exact) mass is 356 g/mol. The highest BCUT2D eigenvalue weighted by molar-refractivity contribution is 5.70. The van der Waals surface area contributed by atoms with Crippen molar-refractivity contribution in [3.8, 4) is 5.75 Å². The number of nitrogens with one attached hydrogen (secondary N) is 1. The molecular formula is C17H16F4N2O2. The molecule has 25 heavy (non-hydrogen) atoms. The van der Waals surface area contributed by atoms with E-state index in [9.17, 15) is 22.4 Å². The van der Waals surface area contributed by atoms with Crippen molar-refractivity contribution >= 4 is 6.09 Å². The maximum atomic E-state index is 14.0. The molecule has 8 heteroatoms. The van der Waals surface area contributed by atoms with Crippen LogP contribution in [-0.4, -0.2) is 6.09 Å². The summed E-state index contributed by atoms with van der Waals surface area (Å²) in [6, 6.07) is 9.27. The number of benzene rings is 2. The van der Waals surface area contributed by atoms with Gasteiger partial charge < -0.3 is 15.8 Å². The predicted molar refractivity (Wildman–Crippen MR) is 83.3 cm³/mol. The van der Waals surface area contributed by atoms with E-state index in [0.717, 1.165) is 11.6 Å². The largest absolute Gasteiger partial charge is 0.419 e. The smallest absolute Gasteiger partial charge is 0.410 e. The second-order valence-electron chi connectivity index (χ2n) is 5.39. The van der Waals surface area contributed by atoms with Gasteiger partial charge in [0, 0.05) is 18.2 Å². The first-order valence-electron chi connectivity index (χ1n) is 7.34. The van der Waals surface area contributed by atoms with E-state index in [0.29, 0.717) is 6.07 Å². The first-order chi connectivity index (χ1) is 11.7. The van der Waals surface area contributed by atoms with Gasteiger partial charge in [-0.05, 0) is 24.6 Å². The van der Waals surface area contributed by atoms with E-state index in [1.165, 1.54) is 6.92 Å². The molecule has 0 spiro atoms. The van der Waals surface area contributed by atoms with E-state index in [1.54, 1.807) is 30.3 Å². The van der Waals surface area contributed by atoms with Gasteiger partial charge in [0.2, 0.25) is 0 Å². The Morgan fingerprint density at radius 1 is 1.24 bits per heavy atom. The molecule has 3 N–H and O–H groups in total. The molecule has 0 radical (unpaired) electrons. The van der Waals surface area contributed by atoms with Crippen LogP contribution in [0.3, 0.4) is 0 Å². The van der Waals surface area contributed by atoms with Gasteiger partial charge in [0.25, 0.3) is 0 Å². The Balaban J connectivity index is 2.18. The molecule has 134 valence electrons. The molecular weight excluding hydrogens is 340 g/mol. The number of ether oxygens (including phenoxy) is 1. The third-order valence-corrected chi connectivity index (χ3v) is 3.36. The minimum absolute atomic E-state index is 0.132. The quantitative estimate of drug-likeness (QED) is 0.809. The van der Waals surface area contributed by atoms with E-state index < -0.39 is 35.4 Å². The Morgan fingerprint density at radius 3 is 2.44 bits per heavy atom. The molecule has 2 aromatic carbocycles. The maximum Gasteiger partial charge on any atom is 0.419 e. The fourth-order valence-electron chi connectivity index (χ4n) is 2.13. The van der Waals surface area contributed by atoms with Crippen molar-refractivity contribution in [3.05, 3.63) is 65.0 Å². The summed E-state index contributed by atoms with van der Waals surface area (Å²) in [5.41, 5.74) is 4.36. The SMILES string of the molecule is C[C@@H](N)c1cc(OC(=O)NCc2ccccc2)cc(C(F)(F)F)c1F. The average Bonchev–Trinajstić information content (AvgIpc) is 2.54. The Morgan fingerprint density at radius 2 is 1.88 bits per heavy atom. The fourth-order valence-corrected chi connectivity index (χ4v) is 2.13. The van der Waals surface area contributed by atoms with E-state index in [4.69, 9.17) is 10.5 Å². The van der Waals surface area contributed by atoms with Crippen LogP contribution in [0.2, 0.25) is 0 Å². The summed E-state index contributed by atoms with van der Waals surface area (Å²) < 4.78 is 57.6. The van der Waals surface area contributed by atoms with Gasteiger partial charge in [0.05, 0.1) is 5.56 Å². The van der Waals surface area contributed by atoms with Gasteiger partial charge in [-0.1, -0.05) is 30.3 Å². The summed E-state index contributed by atoms with van der Waals surface area (Å²) in [4.78, 5) is 11.8. The fraction of sp³-hybridized carbons (Fsp3) is 0.235. The molecule has 0 heterocycles. The van der Waals surface area contributed by atoms with Crippen molar-refractivity contribution in [1.29, 1.82) is 0 Å². The maximum absolute atomic E-state index is 14.0. The molecule has 2 rings (SSSR count). The zero-order valence-electron chi connectivity index (χ0n) is 13.2. The molecule has 0 unspecified atom stereocenters. The summed E-state index contributed by atoms with van der Waals surface area (Å²) in [6.07, 6.45) is -5.90. The van der Waals surface area contributed by atoms with Crippen LogP contribution in [0, 0.1) is 5.82 Å². The lowest BCUT2D eigenvalue weighted by Gasteiger charge is -2.16. The molecule has 0 aliphatic carbocycles. The zero-order chi connectivity index (χ0) is 18.6. The van der Waals surface area contributed by atoms with Gasteiger partial charge in [-0.2, -0.15) is 13.2 Å². The number of carbonyl (C=O) groups excluding carboxylic acids is 1. The Kier molecular flexibility index (Phi) is 5.63. The van der Waals surface area contributed by atoms with Gasteiger partial charge in [-0.25, -0.2) is 9.18 Å². The lowest BCUT2D eigenvalue weighted by Crippen LogP contribution is -2.26. The van der Waals surface area contributed by atoms with Crippen LogP contribution >= 0.6 is 0 Å². The molecule has 0 aliphatic heterocycles. The van der Waals surface area contributed by atoms with Gasteiger partial charge in [-0.3, -0.25) is 0 Å². The van der Waals surface area contributed by atoms with Crippen LogP contribution in [0.15, 0.2) is 42.5 Å². The molecule has 0 aromatic heterocycles. The van der Waals surface area contributed by atoms with Crippen molar-refractivity contribution in [2.24, 2.45) is 5.73 Å².